The standard InChI is InChI=1S/C14H18N2/c1-10(2)16-13-7-6-11-4-3-5-12(9-15)14(11)8-13/h3-5,10,13,16H,6-8H2,1-2H3. The van der Waals surface area contributed by atoms with E-state index in [-0.39, 0.29) is 0 Å². The van der Waals surface area contributed by atoms with Gasteiger partial charge in [0.1, 0.15) is 0 Å². The molecule has 0 bridgehead atoms. The smallest absolute Gasteiger partial charge is 0.0994 e. The first-order chi connectivity index (χ1) is 7.70. The third kappa shape index (κ3) is 2.25. The number of fused-ring (bicyclic) bond motifs is 1. The summed E-state index contributed by atoms with van der Waals surface area (Å²) in [6, 6.07) is 9.42. The lowest BCUT2D eigenvalue weighted by Gasteiger charge is -2.27. The summed E-state index contributed by atoms with van der Waals surface area (Å²) in [4.78, 5) is 0. The van der Waals surface area contributed by atoms with Crippen molar-refractivity contribution in [3.8, 4) is 6.07 Å². The summed E-state index contributed by atoms with van der Waals surface area (Å²) in [6.07, 6.45) is 3.27. The zero-order valence-corrected chi connectivity index (χ0v) is 9.96. The van der Waals surface area contributed by atoms with Crippen LogP contribution < -0.4 is 5.32 Å². The Kier molecular flexibility index (Phi) is 3.26. The van der Waals surface area contributed by atoms with E-state index in [2.05, 4.69) is 31.3 Å². The molecule has 2 nitrogen and oxygen atoms in total. The quantitative estimate of drug-likeness (QED) is 0.820. The molecule has 1 unspecified atom stereocenters. The molecule has 84 valence electrons. The lowest BCUT2D eigenvalue weighted by Crippen LogP contribution is -2.39. The fourth-order valence-electron chi connectivity index (χ4n) is 2.51. The zero-order valence-electron chi connectivity index (χ0n) is 9.96. The summed E-state index contributed by atoms with van der Waals surface area (Å²) in [5.41, 5.74) is 3.48. The Hall–Kier alpha value is -1.33. The van der Waals surface area contributed by atoms with Crippen LogP contribution in [0.5, 0.6) is 0 Å². The molecule has 0 heterocycles. The molecule has 0 radical (unpaired) electrons. The highest BCUT2D eigenvalue weighted by Crippen LogP contribution is 2.24. The van der Waals surface area contributed by atoms with Gasteiger partial charge in [0.15, 0.2) is 0 Å². The van der Waals surface area contributed by atoms with Crippen LogP contribution in [0.4, 0.5) is 0 Å². The maximum absolute atomic E-state index is 9.09. The minimum absolute atomic E-state index is 0.515. The van der Waals surface area contributed by atoms with Crippen LogP contribution in [0.15, 0.2) is 18.2 Å². The second kappa shape index (κ2) is 4.67. The molecule has 0 amide bonds. The Labute approximate surface area is 97.3 Å². The molecule has 0 aliphatic heterocycles. The fourth-order valence-corrected chi connectivity index (χ4v) is 2.51. The summed E-state index contributed by atoms with van der Waals surface area (Å²) in [6.45, 7) is 4.34. The number of aryl methyl sites for hydroxylation is 1. The molecule has 1 atom stereocenters. The van der Waals surface area contributed by atoms with Crippen molar-refractivity contribution >= 4 is 0 Å². The van der Waals surface area contributed by atoms with Crippen molar-refractivity contribution in [2.75, 3.05) is 0 Å². The summed E-state index contributed by atoms with van der Waals surface area (Å²) in [5, 5.41) is 12.7. The highest BCUT2D eigenvalue weighted by Gasteiger charge is 2.20. The SMILES string of the molecule is CC(C)NC1CCc2cccc(C#N)c2C1. The molecule has 1 N–H and O–H groups in total. The van der Waals surface area contributed by atoms with Crippen LogP contribution in [-0.2, 0) is 12.8 Å². The maximum atomic E-state index is 9.09. The summed E-state index contributed by atoms with van der Waals surface area (Å²) in [7, 11) is 0. The minimum Gasteiger partial charge on any atom is -0.311 e. The Bertz CT molecular complexity index is 415. The van der Waals surface area contributed by atoms with Gasteiger partial charge in [-0.2, -0.15) is 5.26 Å². The molecule has 16 heavy (non-hydrogen) atoms. The van der Waals surface area contributed by atoms with Gasteiger partial charge in [0, 0.05) is 12.1 Å². The molecule has 1 aliphatic rings. The average Bonchev–Trinajstić information content (AvgIpc) is 2.27. The minimum atomic E-state index is 0.515. The van der Waals surface area contributed by atoms with Crippen molar-refractivity contribution in [3.05, 3.63) is 34.9 Å². The third-order valence-electron chi connectivity index (χ3n) is 3.18. The van der Waals surface area contributed by atoms with E-state index in [0.29, 0.717) is 12.1 Å². The van der Waals surface area contributed by atoms with Gasteiger partial charge in [-0.25, -0.2) is 0 Å². The van der Waals surface area contributed by atoms with Gasteiger partial charge in [-0.1, -0.05) is 26.0 Å². The monoisotopic (exact) mass is 214 g/mol. The predicted molar refractivity (Wildman–Crippen MR) is 65.2 cm³/mol. The lowest BCUT2D eigenvalue weighted by atomic mass is 9.85. The summed E-state index contributed by atoms with van der Waals surface area (Å²) >= 11 is 0. The van der Waals surface area contributed by atoms with Crippen molar-refractivity contribution < 1.29 is 0 Å². The Balaban J connectivity index is 2.22. The van der Waals surface area contributed by atoms with E-state index in [1.807, 2.05) is 12.1 Å². The van der Waals surface area contributed by atoms with E-state index < -0.39 is 0 Å². The number of hydrogen-bond acceptors (Lipinski definition) is 2. The highest BCUT2D eigenvalue weighted by molar-refractivity contribution is 5.44. The van der Waals surface area contributed by atoms with Crippen LogP contribution in [0, 0.1) is 11.3 Å². The second-order valence-corrected chi connectivity index (χ2v) is 4.82. The molecule has 0 saturated heterocycles. The lowest BCUT2D eigenvalue weighted by molar-refractivity contribution is 0.421. The summed E-state index contributed by atoms with van der Waals surface area (Å²) in [5.74, 6) is 0. The Morgan fingerprint density at radius 2 is 2.25 bits per heavy atom. The number of nitrogens with one attached hydrogen (secondary N) is 1. The molecular weight excluding hydrogens is 196 g/mol. The molecule has 0 aromatic heterocycles. The van der Waals surface area contributed by atoms with Gasteiger partial charge >= 0.3 is 0 Å². The van der Waals surface area contributed by atoms with Gasteiger partial charge in [0.2, 0.25) is 0 Å². The first-order valence-corrected chi connectivity index (χ1v) is 5.97. The number of hydrogen-bond donors (Lipinski definition) is 1. The zero-order chi connectivity index (χ0) is 11.5. The summed E-state index contributed by atoms with van der Waals surface area (Å²) < 4.78 is 0. The molecule has 1 aliphatic carbocycles. The average molecular weight is 214 g/mol. The van der Waals surface area contributed by atoms with Crippen LogP contribution in [-0.4, -0.2) is 12.1 Å². The molecule has 1 aromatic rings. The van der Waals surface area contributed by atoms with E-state index in [4.69, 9.17) is 5.26 Å². The number of nitriles is 1. The molecule has 2 rings (SSSR count). The molecular formula is C14H18N2. The Morgan fingerprint density at radius 3 is 2.94 bits per heavy atom. The van der Waals surface area contributed by atoms with E-state index in [0.717, 1.165) is 18.4 Å². The van der Waals surface area contributed by atoms with Gasteiger partial charge in [0.25, 0.3) is 0 Å². The van der Waals surface area contributed by atoms with Gasteiger partial charge in [0.05, 0.1) is 11.6 Å². The molecule has 0 spiro atoms. The maximum Gasteiger partial charge on any atom is 0.0994 e. The first-order valence-electron chi connectivity index (χ1n) is 5.97. The molecule has 0 fully saturated rings. The van der Waals surface area contributed by atoms with Crippen molar-refractivity contribution in [1.29, 1.82) is 5.26 Å². The van der Waals surface area contributed by atoms with Crippen LogP contribution in [0.1, 0.15) is 37.0 Å². The molecule has 0 saturated carbocycles. The third-order valence-corrected chi connectivity index (χ3v) is 3.18. The Morgan fingerprint density at radius 1 is 1.44 bits per heavy atom. The first kappa shape index (κ1) is 11.2. The van der Waals surface area contributed by atoms with Crippen LogP contribution in [0.25, 0.3) is 0 Å². The number of benzene rings is 1. The van der Waals surface area contributed by atoms with Crippen LogP contribution in [0.2, 0.25) is 0 Å². The van der Waals surface area contributed by atoms with Gasteiger partial charge in [-0.05, 0) is 36.5 Å². The molecule has 2 heteroatoms. The van der Waals surface area contributed by atoms with Crippen molar-refractivity contribution in [1.82, 2.24) is 5.32 Å². The van der Waals surface area contributed by atoms with Crippen LogP contribution >= 0.6 is 0 Å². The largest absolute Gasteiger partial charge is 0.311 e. The number of nitrogens with zero attached hydrogens (tertiary/aromatic N) is 1. The second-order valence-electron chi connectivity index (χ2n) is 4.82. The van der Waals surface area contributed by atoms with Gasteiger partial charge < -0.3 is 5.32 Å². The van der Waals surface area contributed by atoms with E-state index in [9.17, 15) is 0 Å². The number of rotatable bonds is 2. The van der Waals surface area contributed by atoms with E-state index in [1.54, 1.807) is 0 Å². The van der Waals surface area contributed by atoms with Gasteiger partial charge in [-0.15, -0.1) is 0 Å². The van der Waals surface area contributed by atoms with Crippen molar-refractivity contribution in [2.45, 2.75) is 45.2 Å². The predicted octanol–water partition coefficient (Wildman–Crippen LogP) is 2.41. The topological polar surface area (TPSA) is 35.8 Å². The van der Waals surface area contributed by atoms with Gasteiger partial charge in [-0.3, -0.25) is 0 Å². The van der Waals surface area contributed by atoms with Crippen molar-refractivity contribution in [2.24, 2.45) is 0 Å². The molecule has 1 aromatic carbocycles. The van der Waals surface area contributed by atoms with E-state index in [1.165, 1.54) is 17.5 Å². The van der Waals surface area contributed by atoms with Crippen LogP contribution in [0.3, 0.4) is 0 Å². The highest BCUT2D eigenvalue weighted by atomic mass is 14.9. The normalized spacial score (nSPS) is 19.2. The van der Waals surface area contributed by atoms with E-state index >= 15 is 0 Å². The van der Waals surface area contributed by atoms with Crippen molar-refractivity contribution in [3.63, 3.8) is 0 Å². The fraction of sp³-hybridized carbons (Fsp3) is 0.500.